The van der Waals surface area contributed by atoms with E-state index in [1.165, 1.54) is 22.8 Å². The van der Waals surface area contributed by atoms with Gasteiger partial charge in [-0.15, -0.1) is 12.4 Å². The van der Waals surface area contributed by atoms with Crippen LogP contribution in [0.1, 0.15) is 17.0 Å². The number of hydrogen-bond acceptors (Lipinski definition) is 3. The number of hydrogen-bond donors (Lipinski definition) is 2. The van der Waals surface area contributed by atoms with Crippen LogP contribution in [-0.4, -0.2) is 16.5 Å². The fourth-order valence-corrected chi connectivity index (χ4v) is 3.94. The highest BCUT2D eigenvalue weighted by atomic mass is 35.5. The first-order chi connectivity index (χ1) is 16.0. The monoisotopic (exact) mass is 477 g/mol. The topological polar surface area (TPSA) is 77.1 Å². The van der Waals surface area contributed by atoms with Gasteiger partial charge in [0.15, 0.2) is 0 Å². The van der Waals surface area contributed by atoms with Crippen LogP contribution in [0.3, 0.4) is 0 Å². The fraction of sp³-hybridized carbons (Fsp3) is 0.111. The Bertz CT molecular complexity index is 1290. The van der Waals surface area contributed by atoms with E-state index in [0.717, 1.165) is 11.1 Å². The van der Waals surface area contributed by atoms with Crippen molar-refractivity contribution in [3.8, 4) is 11.3 Å². The SMILES string of the molecule is Cl.Cn1c(-c2ccc(NC(=O)C(N)C(c3ccccc3)c3ccccc3)cc2F)cccc1=O. The number of anilines is 1. The first-order valence-electron chi connectivity index (χ1n) is 10.6. The molecule has 34 heavy (non-hydrogen) atoms. The minimum absolute atomic E-state index is 0. The Labute approximate surface area is 203 Å². The molecule has 0 aliphatic rings. The molecule has 0 radical (unpaired) electrons. The Morgan fingerprint density at radius 3 is 2.03 bits per heavy atom. The van der Waals surface area contributed by atoms with E-state index < -0.39 is 17.8 Å². The number of nitrogens with one attached hydrogen (secondary N) is 1. The van der Waals surface area contributed by atoms with Gasteiger partial charge in [-0.25, -0.2) is 4.39 Å². The molecule has 0 spiro atoms. The van der Waals surface area contributed by atoms with Gasteiger partial charge in [0.25, 0.3) is 5.56 Å². The van der Waals surface area contributed by atoms with E-state index in [1.807, 2.05) is 60.7 Å². The summed E-state index contributed by atoms with van der Waals surface area (Å²) in [6.45, 7) is 0. The Morgan fingerprint density at radius 2 is 1.47 bits per heavy atom. The fourth-order valence-electron chi connectivity index (χ4n) is 3.94. The van der Waals surface area contributed by atoms with Gasteiger partial charge in [0.1, 0.15) is 5.82 Å². The summed E-state index contributed by atoms with van der Waals surface area (Å²) in [5.74, 6) is -1.34. The molecule has 1 atom stereocenters. The standard InChI is InChI=1S/C27H24FN3O2.ClH/c1-31-23(13-8-14-24(31)32)21-16-15-20(17-22(21)28)30-27(33)26(29)25(18-9-4-2-5-10-18)19-11-6-3-7-12-19;/h2-17,25-26H,29H2,1H3,(H,30,33);1H. The largest absolute Gasteiger partial charge is 0.325 e. The van der Waals surface area contributed by atoms with Gasteiger partial charge in [-0.2, -0.15) is 0 Å². The molecule has 0 fully saturated rings. The normalized spacial score (nSPS) is 11.5. The highest BCUT2D eigenvalue weighted by Gasteiger charge is 2.28. The number of benzene rings is 3. The second kappa shape index (κ2) is 10.9. The maximum atomic E-state index is 14.9. The molecule has 3 aromatic carbocycles. The van der Waals surface area contributed by atoms with Gasteiger partial charge >= 0.3 is 0 Å². The highest BCUT2D eigenvalue weighted by molar-refractivity contribution is 5.96. The third kappa shape index (κ3) is 5.25. The summed E-state index contributed by atoms with van der Waals surface area (Å²) >= 11 is 0. The highest BCUT2D eigenvalue weighted by Crippen LogP contribution is 2.29. The van der Waals surface area contributed by atoms with E-state index in [0.29, 0.717) is 5.69 Å². The van der Waals surface area contributed by atoms with Gasteiger partial charge in [0.2, 0.25) is 5.91 Å². The Balaban J connectivity index is 0.00000324. The maximum Gasteiger partial charge on any atom is 0.250 e. The van der Waals surface area contributed by atoms with Gasteiger partial charge < -0.3 is 15.6 Å². The van der Waals surface area contributed by atoms with Crippen molar-refractivity contribution in [1.82, 2.24) is 4.57 Å². The molecule has 0 aliphatic carbocycles. The lowest BCUT2D eigenvalue weighted by Gasteiger charge is -2.24. The van der Waals surface area contributed by atoms with Crippen molar-refractivity contribution in [1.29, 1.82) is 0 Å². The van der Waals surface area contributed by atoms with Crippen molar-refractivity contribution >= 4 is 24.0 Å². The lowest BCUT2D eigenvalue weighted by molar-refractivity contribution is -0.117. The smallest absolute Gasteiger partial charge is 0.250 e. The third-order valence-electron chi connectivity index (χ3n) is 5.68. The number of carbonyl (C=O) groups excluding carboxylic acids is 1. The summed E-state index contributed by atoms with van der Waals surface area (Å²) < 4.78 is 16.3. The predicted molar refractivity (Wildman–Crippen MR) is 136 cm³/mol. The lowest BCUT2D eigenvalue weighted by atomic mass is 9.85. The van der Waals surface area contributed by atoms with E-state index in [-0.39, 0.29) is 35.1 Å². The van der Waals surface area contributed by atoms with Crippen molar-refractivity contribution in [3.05, 3.63) is 124 Å². The first-order valence-corrected chi connectivity index (χ1v) is 10.6. The molecule has 3 N–H and O–H groups in total. The van der Waals surface area contributed by atoms with Crippen LogP contribution in [-0.2, 0) is 11.8 Å². The lowest BCUT2D eigenvalue weighted by Crippen LogP contribution is -2.41. The second-order valence-corrected chi connectivity index (χ2v) is 7.82. The first kappa shape index (κ1) is 24.9. The summed E-state index contributed by atoms with van der Waals surface area (Å²) in [5, 5.41) is 2.73. The van der Waals surface area contributed by atoms with E-state index in [4.69, 9.17) is 5.73 Å². The Morgan fingerprint density at radius 1 is 0.882 bits per heavy atom. The molecule has 0 bridgehead atoms. The molecule has 1 heterocycles. The molecular formula is C27H25ClFN3O2. The molecule has 4 aromatic rings. The van der Waals surface area contributed by atoms with Crippen LogP contribution in [0.25, 0.3) is 11.3 Å². The molecule has 0 saturated carbocycles. The Kier molecular flexibility index (Phi) is 7.99. The summed E-state index contributed by atoms with van der Waals surface area (Å²) in [4.78, 5) is 24.9. The molecule has 1 amide bonds. The average Bonchev–Trinajstić information content (AvgIpc) is 2.83. The minimum Gasteiger partial charge on any atom is -0.325 e. The number of aromatic nitrogens is 1. The van der Waals surface area contributed by atoms with E-state index >= 15 is 0 Å². The van der Waals surface area contributed by atoms with Crippen LogP contribution >= 0.6 is 12.4 Å². The van der Waals surface area contributed by atoms with Gasteiger partial charge in [-0.3, -0.25) is 9.59 Å². The van der Waals surface area contributed by atoms with Crippen molar-refractivity contribution in [2.45, 2.75) is 12.0 Å². The number of carbonyl (C=O) groups is 1. The van der Waals surface area contributed by atoms with Crippen LogP contribution in [0.4, 0.5) is 10.1 Å². The van der Waals surface area contributed by atoms with Gasteiger partial charge in [-0.1, -0.05) is 66.7 Å². The molecule has 1 unspecified atom stereocenters. The van der Waals surface area contributed by atoms with Gasteiger partial charge in [-0.05, 0) is 35.4 Å². The predicted octanol–water partition coefficient (Wildman–Crippen LogP) is 4.71. The Hall–Kier alpha value is -3.74. The van der Waals surface area contributed by atoms with E-state index in [2.05, 4.69) is 5.32 Å². The third-order valence-corrected chi connectivity index (χ3v) is 5.68. The molecular weight excluding hydrogens is 453 g/mol. The zero-order valence-corrected chi connectivity index (χ0v) is 19.3. The zero-order chi connectivity index (χ0) is 23.4. The van der Waals surface area contributed by atoms with E-state index in [9.17, 15) is 14.0 Å². The number of amides is 1. The summed E-state index contributed by atoms with van der Waals surface area (Å²) in [6.07, 6.45) is 0. The zero-order valence-electron chi connectivity index (χ0n) is 18.5. The van der Waals surface area contributed by atoms with Crippen LogP contribution in [0.15, 0.2) is 102 Å². The molecule has 5 nitrogen and oxygen atoms in total. The van der Waals surface area contributed by atoms with E-state index in [1.54, 1.807) is 25.2 Å². The molecule has 4 rings (SSSR count). The number of nitrogens with zero attached hydrogens (tertiary/aromatic N) is 1. The van der Waals surface area contributed by atoms with Crippen LogP contribution in [0.2, 0.25) is 0 Å². The molecule has 0 saturated heterocycles. The van der Waals surface area contributed by atoms with Crippen LogP contribution in [0, 0.1) is 5.82 Å². The number of rotatable bonds is 6. The van der Waals surface area contributed by atoms with Gasteiger partial charge in [0, 0.05) is 30.3 Å². The maximum absolute atomic E-state index is 14.9. The minimum atomic E-state index is -0.896. The number of halogens is 2. The quantitative estimate of drug-likeness (QED) is 0.422. The average molecular weight is 478 g/mol. The summed E-state index contributed by atoms with van der Waals surface area (Å²) in [6, 6.07) is 27.3. The molecule has 0 aliphatic heterocycles. The van der Waals surface area contributed by atoms with Crippen molar-refractivity contribution < 1.29 is 9.18 Å². The van der Waals surface area contributed by atoms with Crippen LogP contribution in [0.5, 0.6) is 0 Å². The summed E-state index contributed by atoms with van der Waals surface area (Å²) in [7, 11) is 1.58. The van der Waals surface area contributed by atoms with Crippen molar-refractivity contribution in [2.24, 2.45) is 12.8 Å². The number of nitrogens with two attached hydrogens (primary N) is 1. The summed E-state index contributed by atoms with van der Waals surface area (Å²) in [5.41, 5.74) is 9.03. The van der Waals surface area contributed by atoms with Gasteiger partial charge in [0.05, 0.1) is 11.7 Å². The van der Waals surface area contributed by atoms with Crippen LogP contribution < -0.4 is 16.6 Å². The second-order valence-electron chi connectivity index (χ2n) is 7.82. The molecule has 174 valence electrons. The van der Waals surface area contributed by atoms with Crippen molar-refractivity contribution in [3.63, 3.8) is 0 Å². The number of pyridine rings is 1. The molecule has 7 heteroatoms. The van der Waals surface area contributed by atoms with Crippen molar-refractivity contribution in [2.75, 3.05) is 5.32 Å². The molecule has 1 aromatic heterocycles.